The Labute approximate surface area is 164 Å². The van der Waals surface area contributed by atoms with Crippen molar-refractivity contribution < 1.29 is 19.1 Å². The van der Waals surface area contributed by atoms with E-state index in [9.17, 15) is 0 Å². The van der Waals surface area contributed by atoms with Gasteiger partial charge in [-0.05, 0) is 50.6 Å². The molecule has 1 N–H and O–H groups in total. The molecule has 0 aliphatic carbocycles. The molecule has 2 saturated heterocycles. The first kappa shape index (κ1) is 20.2. The Balaban J connectivity index is 1.55. The number of rotatable bonds is 7. The van der Waals surface area contributed by atoms with E-state index in [0.717, 1.165) is 37.2 Å². The van der Waals surface area contributed by atoms with Gasteiger partial charge >= 0.3 is 0 Å². The maximum absolute atomic E-state index is 5.49. The maximum Gasteiger partial charge on any atom is 0.203 e. The second-order valence-electron chi connectivity index (χ2n) is 7.68. The van der Waals surface area contributed by atoms with Crippen LogP contribution in [0, 0.1) is 0 Å². The zero-order valence-corrected chi connectivity index (χ0v) is 17.4. The molecule has 2 aliphatic rings. The van der Waals surface area contributed by atoms with Gasteiger partial charge in [-0.2, -0.15) is 0 Å². The highest BCUT2D eigenvalue weighted by atomic mass is 16.5. The van der Waals surface area contributed by atoms with Crippen LogP contribution in [0.3, 0.4) is 0 Å². The largest absolute Gasteiger partial charge is 0.493 e. The summed E-state index contributed by atoms with van der Waals surface area (Å²) in [4.78, 5) is 7.03. The number of methoxy groups -OCH3 is 3. The van der Waals surface area contributed by atoms with Crippen molar-refractivity contribution in [2.24, 2.45) is 0 Å². The minimum atomic E-state index is 0.663. The van der Waals surface area contributed by atoms with E-state index in [1.807, 2.05) is 0 Å². The van der Waals surface area contributed by atoms with Crippen molar-refractivity contribution in [1.29, 1.82) is 0 Å². The molecule has 2 aliphatic heterocycles. The Morgan fingerprint density at radius 1 is 0.926 bits per heavy atom. The fraction of sp³-hybridized carbons (Fsp3) is 0.714. The number of quaternary nitrogens is 1. The van der Waals surface area contributed by atoms with E-state index >= 15 is 0 Å². The average Bonchev–Trinajstić information content (AvgIpc) is 2.73. The van der Waals surface area contributed by atoms with Gasteiger partial charge in [0.05, 0.1) is 41.0 Å². The van der Waals surface area contributed by atoms with Gasteiger partial charge < -0.3 is 19.1 Å². The van der Waals surface area contributed by atoms with Crippen molar-refractivity contribution >= 4 is 0 Å². The predicted molar refractivity (Wildman–Crippen MR) is 107 cm³/mol. The molecule has 0 amide bonds. The smallest absolute Gasteiger partial charge is 0.203 e. The lowest BCUT2D eigenvalue weighted by molar-refractivity contribution is -0.902. The number of likely N-dealkylation sites (N-methyl/N-ethyl adjacent to an activating group) is 1. The van der Waals surface area contributed by atoms with Crippen LogP contribution in [0.4, 0.5) is 0 Å². The van der Waals surface area contributed by atoms with Gasteiger partial charge in [-0.25, -0.2) is 0 Å². The molecule has 0 bridgehead atoms. The third-order valence-electron chi connectivity index (χ3n) is 6.21. The van der Waals surface area contributed by atoms with Crippen LogP contribution in [-0.2, 0) is 6.54 Å². The Morgan fingerprint density at radius 2 is 1.52 bits per heavy atom. The number of hydrogen-bond acceptors (Lipinski definition) is 5. The van der Waals surface area contributed by atoms with Gasteiger partial charge in [0.25, 0.3) is 0 Å². The summed E-state index contributed by atoms with van der Waals surface area (Å²) in [5, 5.41) is 0. The average molecular weight is 379 g/mol. The van der Waals surface area contributed by atoms with Gasteiger partial charge in [0.1, 0.15) is 0 Å². The molecular formula is C21H36N3O3+. The van der Waals surface area contributed by atoms with Gasteiger partial charge in [-0.15, -0.1) is 0 Å². The fourth-order valence-corrected chi connectivity index (χ4v) is 4.49. The van der Waals surface area contributed by atoms with Crippen LogP contribution < -0.4 is 19.1 Å². The molecule has 2 fully saturated rings. The van der Waals surface area contributed by atoms with Crippen LogP contribution in [0.1, 0.15) is 25.3 Å². The molecule has 0 aromatic heterocycles. The molecule has 0 unspecified atom stereocenters. The second-order valence-corrected chi connectivity index (χ2v) is 7.68. The quantitative estimate of drug-likeness (QED) is 0.763. The number of piperidine rings is 1. The lowest BCUT2D eigenvalue weighted by Crippen LogP contribution is -3.14. The van der Waals surface area contributed by atoms with Crippen molar-refractivity contribution in [3.8, 4) is 17.2 Å². The molecule has 6 nitrogen and oxygen atoms in total. The van der Waals surface area contributed by atoms with E-state index in [-0.39, 0.29) is 0 Å². The first-order valence-corrected chi connectivity index (χ1v) is 10.3. The summed E-state index contributed by atoms with van der Waals surface area (Å²) in [6, 6.07) is 4.90. The third-order valence-corrected chi connectivity index (χ3v) is 6.21. The highest BCUT2D eigenvalue weighted by molar-refractivity contribution is 5.53. The van der Waals surface area contributed by atoms with Crippen LogP contribution >= 0.6 is 0 Å². The summed E-state index contributed by atoms with van der Waals surface area (Å²) < 4.78 is 16.4. The summed E-state index contributed by atoms with van der Waals surface area (Å²) in [7, 11) is 4.99. The number of piperazine rings is 1. The molecule has 0 saturated carbocycles. The van der Waals surface area contributed by atoms with Crippen LogP contribution in [0.15, 0.2) is 12.1 Å². The first-order chi connectivity index (χ1) is 13.2. The van der Waals surface area contributed by atoms with Crippen molar-refractivity contribution in [3.63, 3.8) is 0 Å². The standard InChI is InChI=1S/C21H35N3O3/c1-5-22-10-12-24(13-11-22)18-6-8-23(9-7-18)16-17-14-19(25-2)21(27-4)20(15-17)26-3/h14-15,18H,5-13,16H2,1-4H3/p+1. The molecule has 27 heavy (non-hydrogen) atoms. The van der Waals surface area contributed by atoms with Gasteiger partial charge in [0.2, 0.25) is 5.75 Å². The summed E-state index contributed by atoms with van der Waals surface area (Å²) in [5.74, 6) is 2.13. The third kappa shape index (κ3) is 4.86. The molecule has 3 rings (SSSR count). The van der Waals surface area contributed by atoms with Crippen molar-refractivity contribution in [2.45, 2.75) is 32.4 Å². The molecule has 0 atom stereocenters. The second kappa shape index (κ2) is 9.62. The Hall–Kier alpha value is -1.50. The van der Waals surface area contributed by atoms with E-state index in [0.29, 0.717) is 5.75 Å². The van der Waals surface area contributed by atoms with Gasteiger partial charge in [0, 0.05) is 25.7 Å². The van der Waals surface area contributed by atoms with Crippen molar-refractivity contribution in [1.82, 2.24) is 9.80 Å². The SMILES string of the molecule is CC[NH+]1CCN(C2CCN(Cc3cc(OC)c(OC)c(OC)c3)CC2)CC1. The van der Waals surface area contributed by atoms with Gasteiger partial charge in [-0.3, -0.25) is 9.80 Å². The summed E-state index contributed by atoms with van der Waals surface area (Å²) in [6.45, 7) is 11.9. The highest BCUT2D eigenvalue weighted by Crippen LogP contribution is 2.38. The monoisotopic (exact) mass is 378 g/mol. The molecule has 2 heterocycles. The van der Waals surface area contributed by atoms with E-state index in [4.69, 9.17) is 14.2 Å². The number of benzene rings is 1. The van der Waals surface area contributed by atoms with Crippen LogP contribution in [-0.4, -0.2) is 83.0 Å². The molecule has 1 aromatic carbocycles. The molecule has 0 radical (unpaired) electrons. The fourth-order valence-electron chi connectivity index (χ4n) is 4.49. The van der Waals surface area contributed by atoms with E-state index in [1.165, 1.54) is 51.1 Å². The highest BCUT2D eigenvalue weighted by Gasteiger charge is 2.28. The maximum atomic E-state index is 5.49. The number of hydrogen-bond donors (Lipinski definition) is 1. The zero-order chi connectivity index (χ0) is 19.2. The predicted octanol–water partition coefficient (Wildman–Crippen LogP) is 0.897. The number of nitrogens with one attached hydrogen (secondary N) is 1. The number of likely N-dealkylation sites (tertiary alicyclic amines) is 1. The molecule has 152 valence electrons. The Kier molecular flexibility index (Phi) is 7.21. The van der Waals surface area contributed by atoms with Crippen LogP contribution in [0.2, 0.25) is 0 Å². The lowest BCUT2D eigenvalue weighted by Gasteiger charge is -2.41. The molecule has 1 aromatic rings. The number of nitrogens with zero attached hydrogens (tertiary/aromatic N) is 2. The molecular weight excluding hydrogens is 342 g/mol. The topological polar surface area (TPSA) is 38.6 Å². The summed E-state index contributed by atoms with van der Waals surface area (Å²) in [6.07, 6.45) is 2.54. The van der Waals surface area contributed by atoms with Crippen LogP contribution in [0.25, 0.3) is 0 Å². The summed E-state index contributed by atoms with van der Waals surface area (Å²) in [5.41, 5.74) is 1.21. The minimum absolute atomic E-state index is 0.663. The van der Waals surface area contributed by atoms with Crippen molar-refractivity contribution in [3.05, 3.63) is 17.7 Å². The molecule has 6 heteroatoms. The Morgan fingerprint density at radius 3 is 2.00 bits per heavy atom. The Bertz CT molecular complexity index is 569. The summed E-state index contributed by atoms with van der Waals surface area (Å²) >= 11 is 0. The zero-order valence-electron chi connectivity index (χ0n) is 17.4. The van der Waals surface area contributed by atoms with Gasteiger partial charge in [0.15, 0.2) is 11.5 Å². The number of ether oxygens (including phenoxy) is 3. The normalized spacial score (nSPS) is 20.6. The van der Waals surface area contributed by atoms with E-state index < -0.39 is 0 Å². The van der Waals surface area contributed by atoms with Crippen molar-refractivity contribution in [2.75, 3.05) is 67.1 Å². The van der Waals surface area contributed by atoms with E-state index in [1.54, 1.807) is 26.2 Å². The molecule has 0 spiro atoms. The van der Waals surface area contributed by atoms with Crippen LogP contribution in [0.5, 0.6) is 17.2 Å². The first-order valence-electron chi connectivity index (χ1n) is 10.3. The van der Waals surface area contributed by atoms with Gasteiger partial charge in [-0.1, -0.05) is 0 Å². The van der Waals surface area contributed by atoms with E-state index in [2.05, 4.69) is 28.9 Å². The lowest BCUT2D eigenvalue weighted by atomic mass is 10.0. The minimum Gasteiger partial charge on any atom is -0.493 e.